The van der Waals surface area contributed by atoms with Gasteiger partial charge < -0.3 is 20.9 Å². The minimum absolute atomic E-state index is 0.0166. The second-order valence-electron chi connectivity index (χ2n) is 4.50. The second-order valence-corrected chi connectivity index (χ2v) is 4.50. The van der Waals surface area contributed by atoms with Gasteiger partial charge in [-0.05, 0) is 30.9 Å². The summed E-state index contributed by atoms with van der Waals surface area (Å²) in [6.45, 7) is 2.13. The van der Waals surface area contributed by atoms with E-state index < -0.39 is 0 Å². The number of hydrogen-bond donors (Lipinski definition) is 3. The Balaban J connectivity index is 2.10. The Kier molecular flexibility index (Phi) is 3.99. The Bertz CT molecular complexity index is 436. The molecule has 0 amide bonds. The molecule has 2 rings (SSSR count). The molecule has 6 nitrogen and oxygen atoms in total. The van der Waals surface area contributed by atoms with Crippen molar-refractivity contribution in [3.8, 4) is 0 Å². The highest BCUT2D eigenvalue weighted by Gasteiger charge is 2.22. The van der Waals surface area contributed by atoms with Crippen LogP contribution in [0.2, 0.25) is 0 Å². The number of nitrogens with two attached hydrogens (primary N) is 1. The molecule has 0 aromatic carbocycles. The van der Waals surface area contributed by atoms with Crippen molar-refractivity contribution in [2.24, 2.45) is 16.8 Å². The van der Waals surface area contributed by atoms with Gasteiger partial charge in [-0.2, -0.15) is 0 Å². The third-order valence-corrected chi connectivity index (χ3v) is 3.30. The zero-order chi connectivity index (χ0) is 13.0. The van der Waals surface area contributed by atoms with E-state index >= 15 is 0 Å². The molecule has 18 heavy (non-hydrogen) atoms. The van der Waals surface area contributed by atoms with E-state index in [1.165, 1.54) is 0 Å². The quantitative estimate of drug-likeness (QED) is 0.311. The van der Waals surface area contributed by atoms with E-state index in [-0.39, 0.29) is 12.4 Å². The highest BCUT2D eigenvalue weighted by Crippen LogP contribution is 2.25. The number of hydrogen-bond acceptors (Lipinski definition) is 5. The van der Waals surface area contributed by atoms with Crippen molar-refractivity contribution < 1.29 is 10.3 Å². The van der Waals surface area contributed by atoms with E-state index in [2.05, 4.69) is 15.0 Å². The molecule has 4 N–H and O–H groups in total. The maximum atomic E-state index is 8.94. The summed E-state index contributed by atoms with van der Waals surface area (Å²) in [6.07, 6.45) is 3.58. The molecule has 1 aliphatic heterocycles. The summed E-state index contributed by atoms with van der Waals surface area (Å²) >= 11 is 0. The van der Waals surface area contributed by atoms with Crippen molar-refractivity contribution in [1.29, 1.82) is 0 Å². The number of aromatic nitrogens is 1. The third kappa shape index (κ3) is 2.70. The van der Waals surface area contributed by atoms with Gasteiger partial charge in [0.05, 0.1) is 0 Å². The summed E-state index contributed by atoms with van der Waals surface area (Å²) < 4.78 is 0. The molecule has 2 heterocycles. The normalized spacial score (nSPS) is 20.4. The lowest BCUT2D eigenvalue weighted by atomic mass is 10.1. The van der Waals surface area contributed by atoms with Crippen LogP contribution in [0.3, 0.4) is 0 Å². The highest BCUT2D eigenvalue weighted by molar-refractivity contribution is 5.95. The van der Waals surface area contributed by atoms with Crippen molar-refractivity contribution in [3.05, 3.63) is 24.0 Å². The highest BCUT2D eigenvalue weighted by atomic mass is 16.4. The minimum atomic E-state index is 0.0166. The average Bonchev–Trinajstić information content (AvgIpc) is 2.87. The number of rotatable bonds is 4. The predicted molar refractivity (Wildman–Crippen MR) is 68.8 cm³/mol. The SMILES string of the molecule is N/C(=N/O)c1cc(N2CCC(CCO)C2)ccn1. The number of nitrogens with zero attached hydrogens (tertiary/aromatic N) is 3. The van der Waals surface area contributed by atoms with Gasteiger partial charge in [0.2, 0.25) is 0 Å². The molecule has 1 unspecified atom stereocenters. The molecule has 1 aliphatic rings. The van der Waals surface area contributed by atoms with Crippen molar-refractivity contribution in [2.75, 3.05) is 24.6 Å². The lowest BCUT2D eigenvalue weighted by Gasteiger charge is -2.19. The van der Waals surface area contributed by atoms with Gasteiger partial charge in [-0.25, -0.2) is 0 Å². The fourth-order valence-corrected chi connectivity index (χ4v) is 2.29. The first-order valence-corrected chi connectivity index (χ1v) is 6.04. The van der Waals surface area contributed by atoms with Crippen molar-refractivity contribution in [2.45, 2.75) is 12.8 Å². The van der Waals surface area contributed by atoms with E-state index in [0.29, 0.717) is 11.6 Å². The molecular formula is C12H18N4O2. The number of amidine groups is 1. The number of oxime groups is 1. The Labute approximate surface area is 106 Å². The van der Waals surface area contributed by atoms with Crippen LogP contribution in [-0.4, -0.2) is 40.8 Å². The van der Waals surface area contributed by atoms with E-state index in [9.17, 15) is 0 Å². The van der Waals surface area contributed by atoms with E-state index in [0.717, 1.165) is 31.6 Å². The zero-order valence-corrected chi connectivity index (χ0v) is 10.2. The van der Waals surface area contributed by atoms with Crippen LogP contribution in [0.4, 0.5) is 5.69 Å². The molecule has 1 aromatic heterocycles. The van der Waals surface area contributed by atoms with Crippen LogP contribution in [0.5, 0.6) is 0 Å². The van der Waals surface area contributed by atoms with Gasteiger partial charge in [-0.1, -0.05) is 5.16 Å². The molecule has 1 aromatic rings. The number of aliphatic hydroxyl groups is 1. The van der Waals surface area contributed by atoms with Crippen LogP contribution in [0.1, 0.15) is 18.5 Å². The molecule has 1 saturated heterocycles. The Morgan fingerprint density at radius 1 is 1.61 bits per heavy atom. The zero-order valence-electron chi connectivity index (χ0n) is 10.2. The van der Waals surface area contributed by atoms with Crippen molar-refractivity contribution >= 4 is 11.5 Å². The molecule has 1 fully saturated rings. The molecule has 0 radical (unpaired) electrons. The fourth-order valence-electron chi connectivity index (χ4n) is 2.29. The smallest absolute Gasteiger partial charge is 0.188 e. The van der Waals surface area contributed by atoms with Crippen molar-refractivity contribution in [1.82, 2.24) is 4.98 Å². The summed E-state index contributed by atoms with van der Waals surface area (Å²) in [6, 6.07) is 3.73. The fraction of sp³-hybridized carbons (Fsp3) is 0.500. The van der Waals surface area contributed by atoms with Crippen molar-refractivity contribution in [3.63, 3.8) is 0 Å². The second kappa shape index (κ2) is 5.68. The van der Waals surface area contributed by atoms with Gasteiger partial charge in [0, 0.05) is 31.6 Å². The topological polar surface area (TPSA) is 95.0 Å². The molecule has 1 atom stereocenters. The molecular weight excluding hydrogens is 232 g/mol. The molecule has 0 aliphatic carbocycles. The summed E-state index contributed by atoms with van der Waals surface area (Å²) in [5.41, 5.74) is 7.02. The van der Waals surface area contributed by atoms with Gasteiger partial charge >= 0.3 is 0 Å². The van der Waals surface area contributed by atoms with E-state index in [1.54, 1.807) is 6.20 Å². The molecule has 0 spiro atoms. The van der Waals surface area contributed by atoms with Crippen LogP contribution in [0.25, 0.3) is 0 Å². The Morgan fingerprint density at radius 3 is 3.17 bits per heavy atom. The van der Waals surface area contributed by atoms with Crippen LogP contribution < -0.4 is 10.6 Å². The van der Waals surface area contributed by atoms with Crippen LogP contribution in [0, 0.1) is 5.92 Å². The minimum Gasteiger partial charge on any atom is -0.409 e. The van der Waals surface area contributed by atoms with Gasteiger partial charge in [-0.15, -0.1) is 0 Å². The number of anilines is 1. The van der Waals surface area contributed by atoms with E-state index in [4.69, 9.17) is 16.0 Å². The predicted octanol–water partition coefficient (Wildman–Crippen LogP) is 0.385. The number of pyridine rings is 1. The summed E-state index contributed by atoms with van der Waals surface area (Å²) in [5, 5.41) is 20.5. The standard InChI is InChI=1S/C12H18N4O2/c13-12(15-18)11-7-10(1-4-14-11)16-5-2-9(8-16)3-6-17/h1,4,7,9,17-18H,2-3,5-6,8H2,(H2,13,15). The average molecular weight is 250 g/mol. The molecule has 98 valence electrons. The van der Waals surface area contributed by atoms with Gasteiger partial charge in [0.25, 0.3) is 0 Å². The van der Waals surface area contributed by atoms with Crippen LogP contribution in [0.15, 0.2) is 23.5 Å². The van der Waals surface area contributed by atoms with E-state index in [1.807, 2.05) is 12.1 Å². The largest absolute Gasteiger partial charge is 0.409 e. The van der Waals surface area contributed by atoms with Crippen LogP contribution >= 0.6 is 0 Å². The first-order chi connectivity index (χ1) is 8.74. The lowest BCUT2D eigenvalue weighted by Crippen LogP contribution is -2.21. The summed E-state index contributed by atoms with van der Waals surface area (Å²) in [4.78, 5) is 6.29. The molecule has 0 saturated carbocycles. The first kappa shape index (κ1) is 12.6. The first-order valence-electron chi connectivity index (χ1n) is 6.04. The third-order valence-electron chi connectivity index (χ3n) is 3.30. The monoisotopic (exact) mass is 250 g/mol. The molecule has 6 heteroatoms. The van der Waals surface area contributed by atoms with Crippen LogP contribution in [-0.2, 0) is 0 Å². The lowest BCUT2D eigenvalue weighted by molar-refractivity contribution is 0.263. The Morgan fingerprint density at radius 2 is 2.44 bits per heavy atom. The van der Waals surface area contributed by atoms with Gasteiger partial charge in [-0.3, -0.25) is 4.98 Å². The van der Waals surface area contributed by atoms with Gasteiger partial charge in [0.1, 0.15) is 5.69 Å². The maximum Gasteiger partial charge on any atom is 0.188 e. The molecule has 0 bridgehead atoms. The Hall–Kier alpha value is -1.82. The van der Waals surface area contributed by atoms with Gasteiger partial charge in [0.15, 0.2) is 5.84 Å². The maximum absolute atomic E-state index is 8.94. The number of aliphatic hydroxyl groups excluding tert-OH is 1. The summed E-state index contributed by atoms with van der Waals surface area (Å²) in [7, 11) is 0. The summed E-state index contributed by atoms with van der Waals surface area (Å²) in [5.74, 6) is 0.554.